The number of carbonyl (C=O) groups excluding carboxylic acids is 1. The first-order chi connectivity index (χ1) is 17.9. The number of anilines is 1. The number of nitrogens with two attached hydrogens (primary N) is 1. The lowest BCUT2D eigenvalue weighted by Crippen LogP contribution is -2.31. The van der Waals surface area contributed by atoms with E-state index in [1.54, 1.807) is 23.7 Å². The minimum absolute atomic E-state index is 0.389. The summed E-state index contributed by atoms with van der Waals surface area (Å²) in [6, 6.07) is 22.2. The van der Waals surface area contributed by atoms with E-state index in [9.17, 15) is 4.79 Å². The number of benzene rings is 3. The fourth-order valence-corrected chi connectivity index (χ4v) is 4.44. The van der Waals surface area contributed by atoms with Gasteiger partial charge in [-0.2, -0.15) is 4.98 Å². The zero-order valence-electron chi connectivity index (χ0n) is 20.4. The zero-order chi connectivity index (χ0) is 25.9. The molecular formula is C28H26ClN5O3. The van der Waals surface area contributed by atoms with Gasteiger partial charge < -0.3 is 20.5 Å². The highest BCUT2D eigenvalue weighted by Crippen LogP contribution is 2.39. The second-order valence-corrected chi connectivity index (χ2v) is 8.99. The maximum absolute atomic E-state index is 12.6. The molecule has 0 bridgehead atoms. The van der Waals surface area contributed by atoms with Crippen LogP contribution in [0.25, 0.3) is 11.4 Å². The monoisotopic (exact) mass is 515 g/mol. The number of rotatable bonds is 8. The second kappa shape index (κ2) is 10.4. The molecule has 0 saturated carbocycles. The molecule has 0 fully saturated rings. The maximum Gasteiger partial charge on any atom is 0.248 e. The Balaban J connectivity index is 1.55. The Morgan fingerprint density at radius 1 is 1.05 bits per heavy atom. The van der Waals surface area contributed by atoms with Crippen LogP contribution < -0.4 is 20.5 Å². The number of primary amides is 1. The van der Waals surface area contributed by atoms with Gasteiger partial charge in [0.2, 0.25) is 11.9 Å². The van der Waals surface area contributed by atoms with E-state index in [1.165, 1.54) is 0 Å². The summed E-state index contributed by atoms with van der Waals surface area (Å²) in [5, 5.41) is 8.52. The molecule has 4 aromatic rings. The van der Waals surface area contributed by atoms with Crippen molar-refractivity contribution in [3.63, 3.8) is 0 Å². The van der Waals surface area contributed by atoms with Crippen molar-refractivity contribution in [2.24, 2.45) is 5.73 Å². The van der Waals surface area contributed by atoms with Crippen molar-refractivity contribution in [1.29, 1.82) is 0 Å². The van der Waals surface area contributed by atoms with E-state index in [0.29, 0.717) is 52.8 Å². The molecule has 1 atom stereocenters. The van der Waals surface area contributed by atoms with Crippen LogP contribution in [0.3, 0.4) is 0 Å². The summed E-state index contributed by atoms with van der Waals surface area (Å²) < 4.78 is 13.7. The SMILES string of the molecule is CCOc1cc(C2C(C(N)=O)=C(C)Nc3nc(-c4ccc(Cl)cc4)nn32)ccc1OCc1ccccc1. The van der Waals surface area contributed by atoms with Gasteiger partial charge in [-0.25, -0.2) is 4.68 Å². The van der Waals surface area contributed by atoms with Gasteiger partial charge in [0.1, 0.15) is 12.6 Å². The predicted octanol–water partition coefficient (Wildman–Crippen LogP) is 5.35. The number of nitrogens with one attached hydrogen (secondary N) is 1. The molecular weight excluding hydrogens is 490 g/mol. The fraction of sp³-hybridized carbons (Fsp3) is 0.179. The first-order valence-corrected chi connectivity index (χ1v) is 12.3. The Kier molecular flexibility index (Phi) is 6.83. The normalized spacial score (nSPS) is 14.6. The Labute approximate surface area is 219 Å². The van der Waals surface area contributed by atoms with Crippen molar-refractivity contribution in [2.75, 3.05) is 11.9 Å². The van der Waals surface area contributed by atoms with Gasteiger partial charge in [0.15, 0.2) is 17.3 Å². The zero-order valence-corrected chi connectivity index (χ0v) is 21.2. The number of carbonyl (C=O) groups is 1. The molecule has 8 nitrogen and oxygen atoms in total. The summed E-state index contributed by atoms with van der Waals surface area (Å²) >= 11 is 6.05. The first kappa shape index (κ1) is 24.4. The molecule has 9 heteroatoms. The Bertz CT molecular complexity index is 1470. The van der Waals surface area contributed by atoms with Crippen LogP contribution in [0.15, 0.2) is 84.1 Å². The maximum atomic E-state index is 12.6. The highest BCUT2D eigenvalue weighted by Gasteiger charge is 2.34. The highest BCUT2D eigenvalue weighted by molar-refractivity contribution is 6.30. The Morgan fingerprint density at radius 3 is 2.51 bits per heavy atom. The number of aromatic nitrogens is 3. The van der Waals surface area contributed by atoms with Crippen molar-refractivity contribution >= 4 is 23.5 Å². The molecule has 1 amide bonds. The molecule has 3 N–H and O–H groups in total. The summed E-state index contributed by atoms with van der Waals surface area (Å²) in [4.78, 5) is 17.3. The van der Waals surface area contributed by atoms with Crippen molar-refractivity contribution in [3.05, 3.63) is 100 Å². The van der Waals surface area contributed by atoms with Crippen LogP contribution in [0.2, 0.25) is 5.02 Å². The number of fused-ring (bicyclic) bond motifs is 1. The van der Waals surface area contributed by atoms with Gasteiger partial charge in [-0.3, -0.25) is 4.79 Å². The lowest BCUT2D eigenvalue weighted by atomic mass is 9.95. The van der Waals surface area contributed by atoms with Crippen LogP contribution >= 0.6 is 11.6 Å². The molecule has 3 aromatic carbocycles. The topological polar surface area (TPSA) is 104 Å². The lowest BCUT2D eigenvalue weighted by Gasteiger charge is -2.28. The molecule has 0 spiro atoms. The minimum atomic E-state index is -0.607. The third kappa shape index (κ3) is 5.01. The Hall–Kier alpha value is -4.30. The second-order valence-electron chi connectivity index (χ2n) is 8.55. The molecule has 5 rings (SSSR count). The van der Waals surface area contributed by atoms with Gasteiger partial charge in [-0.15, -0.1) is 5.10 Å². The van der Waals surface area contributed by atoms with E-state index in [1.807, 2.05) is 67.6 Å². The van der Waals surface area contributed by atoms with E-state index in [4.69, 9.17) is 31.9 Å². The van der Waals surface area contributed by atoms with Crippen molar-refractivity contribution in [3.8, 4) is 22.9 Å². The van der Waals surface area contributed by atoms with Crippen LogP contribution in [0.1, 0.15) is 31.0 Å². The summed E-state index contributed by atoms with van der Waals surface area (Å²) in [5.74, 6) is 1.61. The van der Waals surface area contributed by atoms with E-state index >= 15 is 0 Å². The third-order valence-electron chi connectivity index (χ3n) is 6.04. The number of ether oxygens (including phenoxy) is 2. The number of hydrogen-bond acceptors (Lipinski definition) is 6. The van der Waals surface area contributed by atoms with E-state index in [2.05, 4.69) is 10.3 Å². The summed E-state index contributed by atoms with van der Waals surface area (Å²) in [5.41, 5.74) is 9.45. The molecule has 1 aromatic heterocycles. The van der Waals surface area contributed by atoms with Gasteiger partial charge in [0.25, 0.3) is 0 Å². The summed E-state index contributed by atoms with van der Waals surface area (Å²) in [7, 11) is 0. The minimum Gasteiger partial charge on any atom is -0.490 e. The van der Waals surface area contributed by atoms with Crippen molar-refractivity contribution < 1.29 is 14.3 Å². The quantitative estimate of drug-likeness (QED) is 0.328. The van der Waals surface area contributed by atoms with Gasteiger partial charge in [-0.05, 0) is 61.4 Å². The van der Waals surface area contributed by atoms with Crippen LogP contribution in [-0.2, 0) is 11.4 Å². The van der Waals surface area contributed by atoms with Crippen LogP contribution in [-0.4, -0.2) is 27.3 Å². The molecule has 1 aliphatic heterocycles. The number of nitrogens with zero attached hydrogens (tertiary/aromatic N) is 3. The molecule has 37 heavy (non-hydrogen) atoms. The highest BCUT2D eigenvalue weighted by atomic mass is 35.5. The van der Waals surface area contributed by atoms with Crippen LogP contribution in [0, 0.1) is 0 Å². The molecule has 2 heterocycles. The standard InChI is InChI=1S/C28H26ClN5O3/c1-3-36-23-15-20(11-14-22(23)37-16-18-7-5-4-6-8-18)25-24(26(30)35)17(2)31-28-32-27(33-34(25)28)19-9-12-21(29)13-10-19/h4-15,25H,3,16H2,1-2H3,(H2,30,35)(H,31,32,33). The van der Waals surface area contributed by atoms with Gasteiger partial charge in [0.05, 0.1) is 12.2 Å². The lowest BCUT2D eigenvalue weighted by molar-refractivity contribution is -0.115. The van der Waals surface area contributed by atoms with Gasteiger partial charge in [-0.1, -0.05) is 48.0 Å². The summed E-state index contributed by atoms with van der Waals surface area (Å²) in [6.07, 6.45) is 0. The van der Waals surface area contributed by atoms with Crippen LogP contribution in [0.5, 0.6) is 11.5 Å². The average Bonchev–Trinajstić information content (AvgIpc) is 3.31. The number of allylic oxidation sites excluding steroid dienone is 1. The largest absolute Gasteiger partial charge is 0.490 e. The molecule has 1 unspecified atom stereocenters. The fourth-order valence-electron chi connectivity index (χ4n) is 4.32. The molecule has 0 aliphatic carbocycles. The molecule has 0 saturated heterocycles. The van der Waals surface area contributed by atoms with Gasteiger partial charge >= 0.3 is 0 Å². The average molecular weight is 516 g/mol. The van der Waals surface area contributed by atoms with E-state index in [0.717, 1.165) is 16.7 Å². The Morgan fingerprint density at radius 2 is 1.81 bits per heavy atom. The van der Waals surface area contributed by atoms with Crippen molar-refractivity contribution in [2.45, 2.75) is 26.5 Å². The molecule has 188 valence electrons. The number of halogens is 1. The summed E-state index contributed by atoms with van der Waals surface area (Å²) in [6.45, 7) is 4.56. The number of amides is 1. The number of hydrogen-bond donors (Lipinski definition) is 2. The predicted molar refractivity (Wildman–Crippen MR) is 143 cm³/mol. The smallest absolute Gasteiger partial charge is 0.248 e. The van der Waals surface area contributed by atoms with Crippen molar-refractivity contribution in [1.82, 2.24) is 14.8 Å². The first-order valence-electron chi connectivity index (χ1n) is 11.9. The molecule has 0 radical (unpaired) electrons. The van der Waals surface area contributed by atoms with E-state index in [-0.39, 0.29) is 0 Å². The molecule has 1 aliphatic rings. The van der Waals surface area contributed by atoms with Crippen LogP contribution in [0.4, 0.5) is 5.95 Å². The van der Waals surface area contributed by atoms with E-state index < -0.39 is 11.9 Å². The third-order valence-corrected chi connectivity index (χ3v) is 6.29. The van der Waals surface area contributed by atoms with Gasteiger partial charge in [0, 0.05) is 16.3 Å².